The second-order valence-electron chi connectivity index (χ2n) is 5.98. The van der Waals surface area contributed by atoms with E-state index in [2.05, 4.69) is 51.2 Å². The van der Waals surface area contributed by atoms with E-state index in [1.165, 1.54) is 10.9 Å². The summed E-state index contributed by atoms with van der Waals surface area (Å²) in [6.45, 7) is 2.41. The number of carbonyl (C=O) groups is 1. The summed E-state index contributed by atoms with van der Waals surface area (Å²) in [5, 5.41) is 1.27. The van der Waals surface area contributed by atoms with Gasteiger partial charge in [-0.25, -0.2) is 0 Å². The Kier molecular flexibility index (Phi) is 3.49. The van der Waals surface area contributed by atoms with E-state index in [1.54, 1.807) is 6.92 Å². The Labute approximate surface area is 143 Å². The van der Waals surface area contributed by atoms with E-state index in [4.69, 9.17) is 0 Å². The average molecular weight is 369 g/mol. The van der Waals surface area contributed by atoms with Crippen molar-refractivity contribution in [1.82, 2.24) is 9.88 Å². The molecule has 0 saturated carbocycles. The number of H-pyrrole nitrogens is 1. The van der Waals surface area contributed by atoms with Gasteiger partial charge < -0.3 is 9.88 Å². The fourth-order valence-electron chi connectivity index (χ4n) is 3.57. The maximum absolute atomic E-state index is 12.2. The summed E-state index contributed by atoms with van der Waals surface area (Å²) in [4.78, 5) is 17.7. The molecule has 2 heterocycles. The predicted molar refractivity (Wildman–Crippen MR) is 95.4 cm³/mol. The van der Waals surface area contributed by atoms with Gasteiger partial charge in [-0.3, -0.25) is 4.79 Å². The van der Waals surface area contributed by atoms with Gasteiger partial charge in [0.25, 0.3) is 0 Å². The number of hydrogen-bond acceptors (Lipinski definition) is 1. The summed E-state index contributed by atoms with van der Waals surface area (Å²) in [5.74, 6) is 0.113. The van der Waals surface area contributed by atoms with Crippen molar-refractivity contribution in [3.8, 4) is 0 Å². The molecule has 3 aromatic rings. The van der Waals surface area contributed by atoms with Crippen LogP contribution in [0, 0.1) is 0 Å². The fourth-order valence-corrected chi connectivity index (χ4v) is 3.84. The van der Waals surface area contributed by atoms with Gasteiger partial charge in [-0.05, 0) is 35.7 Å². The molecule has 1 aliphatic rings. The van der Waals surface area contributed by atoms with E-state index >= 15 is 0 Å². The topological polar surface area (TPSA) is 36.1 Å². The predicted octanol–water partition coefficient (Wildman–Crippen LogP) is 4.42. The average Bonchev–Trinajstić information content (AvgIpc) is 2.93. The Balaban J connectivity index is 1.92. The summed E-state index contributed by atoms with van der Waals surface area (Å²) < 4.78 is 1.04. The molecule has 116 valence electrons. The van der Waals surface area contributed by atoms with Crippen molar-refractivity contribution >= 4 is 32.7 Å². The van der Waals surface area contributed by atoms with Crippen molar-refractivity contribution < 1.29 is 4.79 Å². The van der Waals surface area contributed by atoms with Crippen LogP contribution < -0.4 is 0 Å². The third kappa shape index (κ3) is 2.38. The molecule has 1 amide bonds. The van der Waals surface area contributed by atoms with Crippen LogP contribution in [-0.2, 0) is 11.2 Å². The highest BCUT2D eigenvalue weighted by atomic mass is 79.9. The molecule has 4 rings (SSSR count). The van der Waals surface area contributed by atoms with Crippen molar-refractivity contribution in [3.05, 3.63) is 69.8 Å². The van der Waals surface area contributed by atoms with Crippen LogP contribution >= 0.6 is 15.9 Å². The van der Waals surface area contributed by atoms with E-state index in [-0.39, 0.29) is 11.9 Å². The Bertz CT molecular complexity index is 882. The van der Waals surface area contributed by atoms with E-state index in [1.807, 2.05) is 23.1 Å². The number of aromatic nitrogens is 1. The highest BCUT2D eigenvalue weighted by molar-refractivity contribution is 9.10. The van der Waals surface area contributed by atoms with Gasteiger partial charge in [-0.1, -0.05) is 46.3 Å². The number of hydrogen-bond donors (Lipinski definition) is 1. The van der Waals surface area contributed by atoms with Crippen molar-refractivity contribution in [2.45, 2.75) is 19.4 Å². The Morgan fingerprint density at radius 3 is 2.65 bits per heavy atom. The lowest BCUT2D eigenvalue weighted by molar-refractivity contribution is -0.130. The van der Waals surface area contributed by atoms with Crippen molar-refractivity contribution in [2.24, 2.45) is 0 Å². The third-order valence-corrected chi connectivity index (χ3v) is 5.15. The minimum atomic E-state index is -0.0447. The van der Waals surface area contributed by atoms with Crippen LogP contribution in [0.3, 0.4) is 0 Å². The number of nitrogens with zero attached hydrogens (tertiary/aromatic N) is 1. The second kappa shape index (κ2) is 5.53. The SMILES string of the molecule is CC(=O)N1CCc2c([nH]c3ccccc23)C1c1ccc(Br)cc1. The van der Waals surface area contributed by atoms with Crippen molar-refractivity contribution in [3.63, 3.8) is 0 Å². The highest BCUT2D eigenvalue weighted by Gasteiger charge is 2.32. The molecule has 3 nitrogen and oxygen atoms in total. The molecule has 0 fully saturated rings. The third-order valence-electron chi connectivity index (χ3n) is 4.62. The van der Waals surface area contributed by atoms with E-state index in [0.29, 0.717) is 0 Å². The monoisotopic (exact) mass is 368 g/mol. The minimum Gasteiger partial charge on any atom is -0.356 e. The van der Waals surface area contributed by atoms with Crippen LogP contribution in [0.2, 0.25) is 0 Å². The molecular formula is C19H17BrN2O. The van der Waals surface area contributed by atoms with Crippen molar-refractivity contribution in [1.29, 1.82) is 0 Å². The van der Waals surface area contributed by atoms with Gasteiger partial charge in [0.05, 0.1) is 6.04 Å². The van der Waals surface area contributed by atoms with Crippen LogP contribution in [0.5, 0.6) is 0 Å². The number of benzene rings is 2. The van der Waals surface area contributed by atoms with Gasteiger partial charge in [0.15, 0.2) is 0 Å². The molecule has 1 unspecified atom stereocenters. The van der Waals surface area contributed by atoms with Gasteiger partial charge in [0.2, 0.25) is 5.91 Å². The second-order valence-corrected chi connectivity index (χ2v) is 6.89. The molecule has 4 heteroatoms. The molecule has 1 aromatic heterocycles. The number of rotatable bonds is 1. The lowest BCUT2D eigenvalue weighted by Gasteiger charge is -2.35. The van der Waals surface area contributed by atoms with Gasteiger partial charge in [-0.15, -0.1) is 0 Å². The van der Waals surface area contributed by atoms with Crippen LogP contribution in [0.4, 0.5) is 0 Å². The highest BCUT2D eigenvalue weighted by Crippen LogP contribution is 2.38. The number of aromatic amines is 1. The van der Waals surface area contributed by atoms with E-state index in [9.17, 15) is 4.79 Å². The Morgan fingerprint density at radius 1 is 1.17 bits per heavy atom. The summed E-state index contributed by atoms with van der Waals surface area (Å²) in [5.41, 5.74) is 4.77. The first-order valence-corrected chi connectivity index (χ1v) is 8.56. The van der Waals surface area contributed by atoms with Gasteiger partial charge in [0, 0.05) is 34.5 Å². The maximum atomic E-state index is 12.2. The summed E-state index contributed by atoms with van der Waals surface area (Å²) >= 11 is 3.49. The van der Waals surface area contributed by atoms with Crippen LogP contribution in [0.25, 0.3) is 10.9 Å². The van der Waals surface area contributed by atoms with Gasteiger partial charge in [0.1, 0.15) is 0 Å². The molecule has 0 spiro atoms. The molecule has 23 heavy (non-hydrogen) atoms. The quantitative estimate of drug-likeness (QED) is 0.677. The number of fused-ring (bicyclic) bond motifs is 3. The Hall–Kier alpha value is -2.07. The van der Waals surface area contributed by atoms with Crippen LogP contribution in [0.15, 0.2) is 53.0 Å². The van der Waals surface area contributed by atoms with Gasteiger partial charge in [-0.2, -0.15) is 0 Å². The fraction of sp³-hybridized carbons (Fsp3) is 0.211. The molecule has 0 radical (unpaired) electrons. The maximum Gasteiger partial charge on any atom is 0.220 e. The molecule has 1 atom stereocenters. The molecule has 0 aliphatic carbocycles. The summed E-state index contributed by atoms with van der Waals surface area (Å²) in [6, 6.07) is 16.6. The summed E-state index contributed by atoms with van der Waals surface area (Å²) in [6.07, 6.45) is 0.895. The first-order chi connectivity index (χ1) is 11.1. The molecule has 1 N–H and O–H groups in total. The number of nitrogens with one attached hydrogen (secondary N) is 1. The standard InChI is InChI=1S/C19H17BrN2O/c1-12(23)22-11-10-16-15-4-2-3-5-17(15)21-18(16)19(22)13-6-8-14(20)9-7-13/h2-9,19,21H,10-11H2,1H3. The van der Waals surface area contributed by atoms with Crippen molar-refractivity contribution in [2.75, 3.05) is 6.54 Å². The number of para-hydroxylation sites is 1. The molecule has 1 aliphatic heterocycles. The Morgan fingerprint density at radius 2 is 1.91 bits per heavy atom. The normalized spacial score (nSPS) is 17.3. The summed E-state index contributed by atoms with van der Waals surface area (Å²) in [7, 11) is 0. The van der Waals surface area contributed by atoms with Crippen LogP contribution in [-0.4, -0.2) is 22.3 Å². The lowest BCUT2D eigenvalue weighted by Crippen LogP contribution is -2.39. The molecule has 2 aromatic carbocycles. The number of halogens is 1. The first-order valence-electron chi connectivity index (χ1n) is 7.77. The number of carbonyl (C=O) groups excluding carboxylic acids is 1. The molecule has 0 bridgehead atoms. The zero-order chi connectivity index (χ0) is 16.0. The largest absolute Gasteiger partial charge is 0.356 e. The first kappa shape index (κ1) is 14.5. The lowest BCUT2D eigenvalue weighted by atomic mass is 9.92. The minimum absolute atomic E-state index is 0.0447. The van der Waals surface area contributed by atoms with Crippen LogP contribution in [0.1, 0.15) is 29.8 Å². The zero-order valence-corrected chi connectivity index (χ0v) is 14.4. The van der Waals surface area contributed by atoms with E-state index < -0.39 is 0 Å². The molecular weight excluding hydrogens is 352 g/mol. The van der Waals surface area contributed by atoms with E-state index in [0.717, 1.165) is 34.2 Å². The molecule has 0 saturated heterocycles. The van der Waals surface area contributed by atoms with Gasteiger partial charge >= 0.3 is 0 Å². The number of amides is 1. The smallest absolute Gasteiger partial charge is 0.220 e. The zero-order valence-electron chi connectivity index (χ0n) is 12.8.